The SMILES string of the molecule is O=C(Cc1ccccc1OC1CCCC1)N[C@H]1CCCNC1=O. The second kappa shape index (κ2) is 7.49. The Labute approximate surface area is 136 Å². The first-order chi connectivity index (χ1) is 11.2. The fourth-order valence-corrected chi connectivity index (χ4v) is 3.28. The Kier molecular flexibility index (Phi) is 5.16. The lowest BCUT2D eigenvalue weighted by atomic mass is 10.1. The van der Waals surface area contributed by atoms with Crippen LogP contribution >= 0.6 is 0 Å². The maximum Gasteiger partial charge on any atom is 0.242 e. The highest BCUT2D eigenvalue weighted by Gasteiger charge is 2.24. The Hall–Kier alpha value is -2.04. The van der Waals surface area contributed by atoms with Gasteiger partial charge in [-0.05, 0) is 44.6 Å². The molecular formula is C18H24N2O3. The summed E-state index contributed by atoms with van der Waals surface area (Å²) in [6, 6.07) is 7.29. The molecule has 5 nitrogen and oxygen atoms in total. The van der Waals surface area contributed by atoms with Gasteiger partial charge in [0.2, 0.25) is 11.8 Å². The Morgan fingerprint density at radius 3 is 2.74 bits per heavy atom. The van der Waals surface area contributed by atoms with Crippen molar-refractivity contribution in [3.8, 4) is 5.75 Å². The Morgan fingerprint density at radius 1 is 1.17 bits per heavy atom. The van der Waals surface area contributed by atoms with Crippen LogP contribution in [-0.4, -0.2) is 30.5 Å². The number of benzene rings is 1. The van der Waals surface area contributed by atoms with E-state index in [2.05, 4.69) is 10.6 Å². The molecule has 23 heavy (non-hydrogen) atoms. The van der Waals surface area contributed by atoms with Crippen molar-refractivity contribution in [3.05, 3.63) is 29.8 Å². The van der Waals surface area contributed by atoms with Crippen molar-refractivity contribution in [2.75, 3.05) is 6.54 Å². The maximum atomic E-state index is 12.3. The number of hydrogen-bond donors (Lipinski definition) is 2. The van der Waals surface area contributed by atoms with E-state index in [0.717, 1.165) is 30.6 Å². The smallest absolute Gasteiger partial charge is 0.242 e. The van der Waals surface area contributed by atoms with E-state index in [1.165, 1.54) is 12.8 Å². The molecule has 1 saturated heterocycles. The second-order valence-corrected chi connectivity index (χ2v) is 6.36. The molecule has 0 radical (unpaired) electrons. The first kappa shape index (κ1) is 15.8. The van der Waals surface area contributed by atoms with Crippen molar-refractivity contribution >= 4 is 11.8 Å². The highest BCUT2D eigenvalue weighted by atomic mass is 16.5. The number of hydrogen-bond acceptors (Lipinski definition) is 3. The highest BCUT2D eigenvalue weighted by Crippen LogP contribution is 2.26. The van der Waals surface area contributed by atoms with Crippen LogP contribution in [0.3, 0.4) is 0 Å². The molecule has 2 N–H and O–H groups in total. The second-order valence-electron chi connectivity index (χ2n) is 6.36. The zero-order valence-corrected chi connectivity index (χ0v) is 13.3. The molecule has 0 aromatic heterocycles. The van der Waals surface area contributed by atoms with Gasteiger partial charge in [0.25, 0.3) is 0 Å². The van der Waals surface area contributed by atoms with Crippen LogP contribution in [0.15, 0.2) is 24.3 Å². The quantitative estimate of drug-likeness (QED) is 0.872. The number of nitrogens with one attached hydrogen (secondary N) is 2. The fraction of sp³-hybridized carbons (Fsp3) is 0.556. The van der Waals surface area contributed by atoms with Crippen molar-refractivity contribution in [2.24, 2.45) is 0 Å². The molecule has 2 amide bonds. The number of piperidine rings is 1. The van der Waals surface area contributed by atoms with Crippen LogP contribution in [0.4, 0.5) is 0 Å². The van der Waals surface area contributed by atoms with E-state index in [4.69, 9.17) is 4.74 Å². The number of carbonyl (C=O) groups is 2. The van der Waals surface area contributed by atoms with Crippen LogP contribution in [0.2, 0.25) is 0 Å². The molecule has 0 spiro atoms. The fourth-order valence-electron chi connectivity index (χ4n) is 3.28. The Morgan fingerprint density at radius 2 is 1.96 bits per heavy atom. The minimum atomic E-state index is -0.404. The van der Waals surface area contributed by atoms with Gasteiger partial charge in [0.05, 0.1) is 12.5 Å². The maximum absolute atomic E-state index is 12.3. The van der Waals surface area contributed by atoms with Gasteiger partial charge < -0.3 is 15.4 Å². The van der Waals surface area contributed by atoms with Gasteiger partial charge in [-0.15, -0.1) is 0 Å². The molecule has 1 heterocycles. The van der Waals surface area contributed by atoms with Gasteiger partial charge in [-0.2, -0.15) is 0 Å². The first-order valence-corrected chi connectivity index (χ1v) is 8.54. The molecule has 1 aromatic carbocycles. The van der Waals surface area contributed by atoms with Crippen LogP contribution < -0.4 is 15.4 Å². The number of amides is 2. The molecule has 1 aliphatic heterocycles. The summed E-state index contributed by atoms with van der Waals surface area (Å²) in [6.45, 7) is 0.698. The standard InChI is InChI=1S/C18H24N2O3/c21-17(20-15-9-5-11-19-18(15)22)12-13-6-1-4-10-16(13)23-14-7-2-3-8-14/h1,4,6,10,14-15H,2-3,5,7-9,11-12H2,(H,19,22)(H,20,21)/t15-/m0/s1. The van der Waals surface area contributed by atoms with Crippen LogP contribution in [0, 0.1) is 0 Å². The van der Waals surface area contributed by atoms with Gasteiger partial charge >= 0.3 is 0 Å². The summed E-state index contributed by atoms with van der Waals surface area (Å²) < 4.78 is 6.06. The zero-order valence-electron chi connectivity index (χ0n) is 13.3. The lowest BCUT2D eigenvalue weighted by molar-refractivity contribution is -0.129. The zero-order chi connectivity index (χ0) is 16.1. The minimum absolute atomic E-state index is 0.0832. The minimum Gasteiger partial charge on any atom is -0.490 e. The van der Waals surface area contributed by atoms with E-state index >= 15 is 0 Å². The molecule has 1 aromatic rings. The molecule has 1 saturated carbocycles. The number of para-hydroxylation sites is 1. The van der Waals surface area contributed by atoms with E-state index < -0.39 is 6.04 Å². The van der Waals surface area contributed by atoms with Crippen LogP contribution in [-0.2, 0) is 16.0 Å². The van der Waals surface area contributed by atoms with Crippen molar-refractivity contribution in [2.45, 2.75) is 57.1 Å². The monoisotopic (exact) mass is 316 g/mol. The van der Waals surface area contributed by atoms with Gasteiger partial charge in [-0.1, -0.05) is 18.2 Å². The molecule has 124 valence electrons. The summed E-state index contributed by atoms with van der Waals surface area (Å²) in [5.41, 5.74) is 0.883. The van der Waals surface area contributed by atoms with E-state index in [9.17, 15) is 9.59 Å². The summed E-state index contributed by atoms with van der Waals surface area (Å²) in [6.07, 6.45) is 6.71. The molecule has 0 bridgehead atoms. The topological polar surface area (TPSA) is 67.4 Å². The molecule has 2 fully saturated rings. The van der Waals surface area contributed by atoms with Gasteiger partial charge in [0, 0.05) is 12.1 Å². The number of rotatable bonds is 5. The van der Waals surface area contributed by atoms with Crippen molar-refractivity contribution in [1.29, 1.82) is 0 Å². The Balaban J connectivity index is 1.60. The molecule has 2 aliphatic rings. The van der Waals surface area contributed by atoms with Gasteiger partial charge in [-0.25, -0.2) is 0 Å². The summed E-state index contributed by atoms with van der Waals surface area (Å²) in [7, 11) is 0. The summed E-state index contributed by atoms with van der Waals surface area (Å²) in [4.78, 5) is 24.0. The lowest BCUT2D eigenvalue weighted by Gasteiger charge is -2.23. The van der Waals surface area contributed by atoms with Crippen molar-refractivity contribution in [3.63, 3.8) is 0 Å². The molecule has 3 rings (SSSR count). The number of ether oxygens (including phenoxy) is 1. The van der Waals surface area contributed by atoms with E-state index in [1.807, 2.05) is 24.3 Å². The summed E-state index contributed by atoms with van der Waals surface area (Å²) >= 11 is 0. The van der Waals surface area contributed by atoms with E-state index in [1.54, 1.807) is 0 Å². The number of carbonyl (C=O) groups excluding carboxylic acids is 2. The van der Waals surface area contributed by atoms with E-state index in [0.29, 0.717) is 13.0 Å². The Bertz CT molecular complexity index is 567. The van der Waals surface area contributed by atoms with E-state index in [-0.39, 0.29) is 24.3 Å². The summed E-state index contributed by atoms with van der Waals surface area (Å²) in [5, 5.41) is 5.61. The average Bonchev–Trinajstić information content (AvgIpc) is 3.05. The first-order valence-electron chi connectivity index (χ1n) is 8.54. The molecule has 5 heteroatoms. The third-order valence-electron chi connectivity index (χ3n) is 4.54. The predicted octanol–water partition coefficient (Wildman–Crippen LogP) is 1.95. The summed E-state index contributed by atoms with van der Waals surface area (Å²) in [5.74, 6) is 0.581. The van der Waals surface area contributed by atoms with Crippen LogP contribution in [0.25, 0.3) is 0 Å². The molecule has 1 atom stereocenters. The van der Waals surface area contributed by atoms with Crippen molar-refractivity contribution in [1.82, 2.24) is 10.6 Å². The van der Waals surface area contributed by atoms with Crippen LogP contribution in [0.5, 0.6) is 5.75 Å². The van der Waals surface area contributed by atoms with Gasteiger partial charge in [0.15, 0.2) is 0 Å². The average molecular weight is 316 g/mol. The largest absolute Gasteiger partial charge is 0.490 e. The molecule has 1 aliphatic carbocycles. The van der Waals surface area contributed by atoms with Gasteiger partial charge in [0.1, 0.15) is 11.8 Å². The lowest BCUT2D eigenvalue weighted by Crippen LogP contribution is -2.50. The highest BCUT2D eigenvalue weighted by molar-refractivity contribution is 5.89. The third-order valence-corrected chi connectivity index (χ3v) is 4.54. The molecule has 0 unspecified atom stereocenters. The van der Waals surface area contributed by atoms with Crippen molar-refractivity contribution < 1.29 is 14.3 Å². The van der Waals surface area contributed by atoms with Gasteiger partial charge in [-0.3, -0.25) is 9.59 Å². The predicted molar refractivity (Wildman–Crippen MR) is 87.2 cm³/mol. The van der Waals surface area contributed by atoms with Crippen LogP contribution in [0.1, 0.15) is 44.1 Å². The normalized spacial score (nSPS) is 21.7. The molecular weight excluding hydrogens is 292 g/mol. The third kappa shape index (κ3) is 4.24.